The molecule has 0 atom stereocenters. The van der Waals surface area contributed by atoms with Crippen molar-refractivity contribution in [3.05, 3.63) is 53.1 Å². The maximum Gasteiger partial charge on any atom is 0.319 e. The number of aromatic amines is 1. The summed E-state index contributed by atoms with van der Waals surface area (Å²) in [7, 11) is 1.89. The smallest absolute Gasteiger partial charge is 0.319 e. The maximum atomic E-state index is 12.9. The van der Waals surface area contributed by atoms with E-state index in [1.165, 1.54) is 32.1 Å². The Labute approximate surface area is 185 Å². The lowest BCUT2D eigenvalue weighted by atomic mass is 9.89. The number of carbonyl (C=O) groups excluding carboxylic acids is 1. The van der Waals surface area contributed by atoms with Crippen LogP contribution in [0.2, 0.25) is 0 Å². The van der Waals surface area contributed by atoms with E-state index in [1.807, 2.05) is 29.9 Å². The summed E-state index contributed by atoms with van der Waals surface area (Å²) in [5, 5.41) is 6.70. The molecule has 1 saturated carbocycles. The van der Waals surface area contributed by atoms with E-state index in [4.69, 9.17) is 0 Å². The van der Waals surface area contributed by atoms with Crippen molar-refractivity contribution in [2.75, 3.05) is 11.9 Å². The third-order valence-electron chi connectivity index (χ3n) is 6.21. The summed E-state index contributed by atoms with van der Waals surface area (Å²) >= 11 is 0. The van der Waals surface area contributed by atoms with E-state index in [-0.39, 0.29) is 11.6 Å². The Morgan fingerprint density at radius 1 is 1.22 bits per heavy atom. The first-order valence-corrected chi connectivity index (χ1v) is 11.1. The Bertz CT molecular complexity index is 1350. The molecule has 0 spiro atoms. The van der Waals surface area contributed by atoms with Crippen molar-refractivity contribution in [3.8, 4) is 11.3 Å². The van der Waals surface area contributed by atoms with Gasteiger partial charge in [-0.15, -0.1) is 0 Å². The zero-order chi connectivity index (χ0) is 22.1. The zero-order valence-corrected chi connectivity index (χ0v) is 18.0. The van der Waals surface area contributed by atoms with Gasteiger partial charge in [-0.2, -0.15) is 0 Å². The van der Waals surface area contributed by atoms with Crippen LogP contribution in [0.5, 0.6) is 0 Å². The molecular formula is C24H26N6O2. The van der Waals surface area contributed by atoms with Gasteiger partial charge in [0.15, 0.2) is 0 Å². The van der Waals surface area contributed by atoms with Gasteiger partial charge in [-0.25, -0.2) is 14.8 Å². The van der Waals surface area contributed by atoms with E-state index >= 15 is 0 Å². The Morgan fingerprint density at radius 3 is 2.91 bits per heavy atom. The second-order valence-corrected chi connectivity index (χ2v) is 8.51. The van der Waals surface area contributed by atoms with Crippen LogP contribution >= 0.6 is 0 Å². The fourth-order valence-electron chi connectivity index (χ4n) is 4.55. The number of hydrogen-bond donors (Lipinski definition) is 3. The van der Waals surface area contributed by atoms with Crippen LogP contribution in [0.25, 0.3) is 33.3 Å². The van der Waals surface area contributed by atoms with E-state index in [0.29, 0.717) is 34.9 Å². The normalized spacial score (nSPS) is 14.7. The Morgan fingerprint density at radius 2 is 2.06 bits per heavy atom. The van der Waals surface area contributed by atoms with Gasteiger partial charge in [-0.3, -0.25) is 4.79 Å². The second kappa shape index (κ2) is 8.45. The van der Waals surface area contributed by atoms with Crippen molar-refractivity contribution in [3.63, 3.8) is 0 Å². The molecule has 1 aliphatic rings. The van der Waals surface area contributed by atoms with E-state index in [2.05, 4.69) is 25.6 Å². The molecule has 3 heterocycles. The minimum atomic E-state index is -0.284. The molecule has 3 N–H and O–H groups in total. The number of aryl methyl sites for hydroxylation is 1. The third-order valence-corrected chi connectivity index (χ3v) is 6.21. The highest BCUT2D eigenvalue weighted by Crippen LogP contribution is 2.27. The number of aromatic nitrogens is 4. The molecule has 5 rings (SSSR count). The Balaban J connectivity index is 1.37. The molecule has 2 amide bonds. The average Bonchev–Trinajstić information content (AvgIpc) is 3.14. The van der Waals surface area contributed by atoms with Crippen molar-refractivity contribution in [1.29, 1.82) is 0 Å². The number of rotatable bonds is 4. The Kier molecular flexibility index (Phi) is 5.34. The van der Waals surface area contributed by atoms with Gasteiger partial charge in [0.2, 0.25) is 0 Å². The van der Waals surface area contributed by atoms with Gasteiger partial charge in [0.25, 0.3) is 5.56 Å². The van der Waals surface area contributed by atoms with Crippen molar-refractivity contribution in [2.45, 2.75) is 32.1 Å². The largest absolute Gasteiger partial charge is 0.338 e. The van der Waals surface area contributed by atoms with Gasteiger partial charge in [0, 0.05) is 42.6 Å². The summed E-state index contributed by atoms with van der Waals surface area (Å²) in [6, 6.07) is 8.88. The van der Waals surface area contributed by atoms with Gasteiger partial charge in [0.05, 0.1) is 11.0 Å². The number of carbonyl (C=O) groups is 1. The summed E-state index contributed by atoms with van der Waals surface area (Å²) in [6.07, 6.45) is 9.74. The van der Waals surface area contributed by atoms with Crippen LogP contribution in [0.1, 0.15) is 32.1 Å². The van der Waals surface area contributed by atoms with Crippen LogP contribution in [0.15, 0.2) is 47.5 Å². The molecule has 4 aromatic rings. The van der Waals surface area contributed by atoms with E-state index in [0.717, 1.165) is 16.6 Å². The molecule has 1 aromatic carbocycles. The molecule has 1 aliphatic carbocycles. The molecule has 32 heavy (non-hydrogen) atoms. The number of urea groups is 1. The van der Waals surface area contributed by atoms with E-state index < -0.39 is 0 Å². The van der Waals surface area contributed by atoms with Crippen molar-refractivity contribution >= 4 is 33.8 Å². The molecular weight excluding hydrogens is 404 g/mol. The van der Waals surface area contributed by atoms with Crippen molar-refractivity contribution in [2.24, 2.45) is 13.0 Å². The van der Waals surface area contributed by atoms with Crippen LogP contribution in [0.3, 0.4) is 0 Å². The first-order chi connectivity index (χ1) is 15.6. The predicted molar refractivity (Wildman–Crippen MR) is 126 cm³/mol. The lowest BCUT2D eigenvalue weighted by molar-refractivity contribution is 0.247. The van der Waals surface area contributed by atoms with Gasteiger partial charge in [-0.05, 0) is 49.1 Å². The first-order valence-electron chi connectivity index (χ1n) is 11.1. The van der Waals surface area contributed by atoms with Crippen LogP contribution in [0, 0.1) is 5.92 Å². The van der Waals surface area contributed by atoms with Crippen LogP contribution in [0.4, 0.5) is 10.5 Å². The summed E-state index contributed by atoms with van der Waals surface area (Å²) in [5.74, 6) is 0.564. The second-order valence-electron chi connectivity index (χ2n) is 8.51. The first kappa shape index (κ1) is 20.2. The van der Waals surface area contributed by atoms with Gasteiger partial charge in [0.1, 0.15) is 11.3 Å². The number of pyridine rings is 1. The lowest BCUT2D eigenvalue weighted by Gasteiger charge is -2.21. The number of nitrogens with zero attached hydrogens (tertiary/aromatic N) is 3. The molecule has 164 valence electrons. The van der Waals surface area contributed by atoms with Gasteiger partial charge < -0.3 is 20.2 Å². The predicted octanol–water partition coefficient (Wildman–Crippen LogP) is 4.18. The number of hydrogen-bond acceptors (Lipinski definition) is 4. The van der Waals surface area contributed by atoms with E-state index in [9.17, 15) is 9.59 Å². The quantitative estimate of drug-likeness (QED) is 0.452. The molecule has 8 nitrogen and oxygen atoms in total. The minimum Gasteiger partial charge on any atom is -0.338 e. The van der Waals surface area contributed by atoms with Crippen LogP contribution < -0.4 is 16.2 Å². The number of nitrogens with one attached hydrogen (secondary N) is 3. The number of fused-ring (bicyclic) bond motifs is 2. The highest BCUT2D eigenvalue weighted by molar-refractivity contribution is 5.95. The molecule has 1 fully saturated rings. The van der Waals surface area contributed by atoms with Crippen molar-refractivity contribution in [1.82, 2.24) is 24.8 Å². The number of anilines is 1. The zero-order valence-electron chi connectivity index (χ0n) is 18.0. The molecule has 0 radical (unpaired) electrons. The average molecular weight is 431 g/mol. The van der Waals surface area contributed by atoms with Gasteiger partial charge >= 0.3 is 6.03 Å². The van der Waals surface area contributed by atoms with Crippen LogP contribution in [-0.2, 0) is 7.05 Å². The van der Waals surface area contributed by atoms with Gasteiger partial charge in [-0.1, -0.05) is 19.3 Å². The number of benzene rings is 1. The Hall–Kier alpha value is -3.68. The summed E-state index contributed by atoms with van der Waals surface area (Å²) < 4.78 is 1.88. The summed E-state index contributed by atoms with van der Waals surface area (Å²) in [5.41, 5.74) is 3.43. The molecule has 0 aliphatic heterocycles. The molecule has 8 heteroatoms. The molecule has 0 bridgehead atoms. The van der Waals surface area contributed by atoms with Crippen molar-refractivity contribution < 1.29 is 4.79 Å². The highest BCUT2D eigenvalue weighted by atomic mass is 16.2. The van der Waals surface area contributed by atoms with E-state index in [1.54, 1.807) is 24.4 Å². The number of amides is 2. The highest BCUT2D eigenvalue weighted by Gasteiger charge is 2.16. The standard InChI is InChI=1S/C24H26N6O2/c1-30-14-18(17-8-5-11-25-22(17)30)21-23(31)29-20-12-16(9-10-19(20)28-21)27-24(32)26-13-15-6-3-2-4-7-15/h5,8-12,14-15H,2-4,6-7,13H2,1H3,(H,29,31)(H2,26,27,32). The molecule has 0 saturated heterocycles. The lowest BCUT2D eigenvalue weighted by Crippen LogP contribution is -2.33. The third kappa shape index (κ3) is 3.95. The maximum absolute atomic E-state index is 12.9. The topological polar surface area (TPSA) is 105 Å². The summed E-state index contributed by atoms with van der Waals surface area (Å²) in [6.45, 7) is 0.695. The van der Waals surface area contributed by atoms with Crippen LogP contribution in [-0.4, -0.2) is 32.1 Å². The minimum absolute atomic E-state index is 0.231. The fraction of sp³-hybridized carbons (Fsp3) is 0.333. The summed E-state index contributed by atoms with van der Waals surface area (Å²) in [4.78, 5) is 37.1. The number of H-pyrrole nitrogens is 1. The fourth-order valence-corrected chi connectivity index (χ4v) is 4.55. The SMILES string of the molecule is Cn1cc(-c2nc3ccc(NC(=O)NCC4CCCCC4)cc3[nH]c2=O)c2cccnc21. The molecule has 0 unspecified atom stereocenters. The molecule has 3 aromatic heterocycles. The monoisotopic (exact) mass is 430 g/mol.